The van der Waals surface area contributed by atoms with E-state index in [-0.39, 0.29) is 17.0 Å². The first-order valence-corrected chi connectivity index (χ1v) is 7.64. The molecule has 9 heteroatoms. The normalized spacial score (nSPS) is 10.6. The average molecular weight is 441 g/mol. The number of nitrogens with one attached hydrogen (secondary N) is 1. The summed E-state index contributed by atoms with van der Waals surface area (Å²) in [7, 11) is 1.45. The number of hydrogen-bond donors (Lipinski definition) is 2. The molecular formula is C15H12IN3O5. The van der Waals surface area contributed by atoms with Gasteiger partial charge in [0.2, 0.25) is 0 Å². The van der Waals surface area contributed by atoms with E-state index in [0.717, 1.165) is 0 Å². The molecule has 0 spiro atoms. The fraction of sp³-hybridized carbons (Fsp3) is 0.0667. The minimum atomic E-state index is -0.544. The van der Waals surface area contributed by atoms with E-state index in [1.165, 1.54) is 43.7 Å². The predicted molar refractivity (Wildman–Crippen MR) is 95.5 cm³/mol. The van der Waals surface area contributed by atoms with Crippen molar-refractivity contribution in [3.05, 3.63) is 61.2 Å². The zero-order chi connectivity index (χ0) is 17.7. The molecule has 0 atom stereocenters. The number of nitro benzene ring substituents is 1. The van der Waals surface area contributed by atoms with Crippen molar-refractivity contribution < 1.29 is 19.6 Å². The zero-order valence-electron chi connectivity index (χ0n) is 12.4. The molecule has 0 radical (unpaired) electrons. The highest BCUT2D eigenvalue weighted by molar-refractivity contribution is 14.1. The highest BCUT2D eigenvalue weighted by Gasteiger charge is 2.09. The summed E-state index contributed by atoms with van der Waals surface area (Å²) in [4.78, 5) is 21.9. The maximum atomic E-state index is 11.9. The van der Waals surface area contributed by atoms with Gasteiger partial charge < -0.3 is 9.84 Å². The molecule has 8 nitrogen and oxygen atoms in total. The van der Waals surface area contributed by atoms with Crippen LogP contribution in [0.1, 0.15) is 15.9 Å². The standard InChI is InChI=1S/C15H12IN3O5/c1-24-14-12(16)6-9(7-13(14)20)8-17-18-15(21)10-2-4-11(5-3-10)19(22)23/h2-8,20H,1H3,(H,18,21)/b17-8+. The van der Waals surface area contributed by atoms with E-state index in [9.17, 15) is 20.0 Å². The lowest BCUT2D eigenvalue weighted by Crippen LogP contribution is -2.17. The van der Waals surface area contributed by atoms with Gasteiger partial charge in [-0.15, -0.1) is 0 Å². The smallest absolute Gasteiger partial charge is 0.271 e. The molecule has 24 heavy (non-hydrogen) atoms. The molecule has 0 unspecified atom stereocenters. The zero-order valence-corrected chi connectivity index (χ0v) is 14.6. The Hall–Kier alpha value is -2.69. The van der Waals surface area contributed by atoms with E-state index in [0.29, 0.717) is 14.9 Å². The summed E-state index contributed by atoms with van der Waals surface area (Å²) in [6.07, 6.45) is 1.37. The third kappa shape index (κ3) is 4.19. The molecule has 2 N–H and O–H groups in total. The SMILES string of the molecule is COc1c(O)cc(/C=N/NC(=O)c2ccc([N+](=O)[O-])cc2)cc1I. The van der Waals surface area contributed by atoms with E-state index in [1.807, 2.05) is 22.6 Å². The first-order chi connectivity index (χ1) is 11.4. The molecule has 0 aliphatic heterocycles. The number of hydrogen-bond acceptors (Lipinski definition) is 6. The van der Waals surface area contributed by atoms with Crippen LogP contribution in [0.15, 0.2) is 41.5 Å². The monoisotopic (exact) mass is 441 g/mol. The molecule has 0 saturated heterocycles. The van der Waals surface area contributed by atoms with Gasteiger partial charge in [-0.3, -0.25) is 14.9 Å². The van der Waals surface area contributed by atoms with Gasteiger partial charge >= 0.3 is 0 Å². The second-order valence-corrected chi connectivity index (χ2v) is 5.72. The van der Waals surface area contributed by atoms with Crippen LogP contribution in [-0.2, 0) is 0 Å². The van der Waals surface area contributed by atoms with Gasteiger partial charge in [0.05, 0.1) is 21.8 Å². The van der Waals surface area contributed by atoms with Crippen LogP contribution in [0.25, 0.3) is 0 Å². The summed E-state index contributed by atoms with van der Waals surface area (Å²) < 4.78 is 5.73. The predicted octanol–water partition coefficient (Wildman–Crippen LogP) is 2.68. The molecule has 0 aliphatic rings. The van der Waals surface area contributed by atoms with Gasteiger partial charge in [0.1, 0.15) is 0 Å². The number of phenols is 1. The highest BCUT2D eigenvalue weighted by Crippen LogP contribution is 2.31. The van der Waals surface area contributed by atoms with Crippen molar-refractivity contribution in [2.45, 2.75) is 0 Å². The van der Waals surface area contributed by atoms with Crippen LogP contribution in [0, 0.1) is 13.7 Å². The van der Waals surface area contributed by atoms with Gasteiger partial charge in [0, 0.05) is 17.7 Å². The largest absolute Gasteiger partial charge is 0.504 e. The van der Waals surface area contributed by atoms with Crippen molar-refractivity contribution in [3.63, 3.8) is 0 Å². The molecule has 2 rings (SSSR count). The Labute approximate surface area is 150 Å². The number of non-ortho nitro benzene ring substituents is 1. The highest BCUT2D eigenvalue weighted by atomic mass is 127. The van der Waals surface area contributed by atoms with Crippen LogP contribution in [0.4, 0.5) is 5.69 Å². The second kappa shape index (κ2) is 7.73. The second-order valence-electron chi connectivity index (χ2n) is 4.56. The first-order valence-electron chi connectivity index (χ1n) is 6.56. The van der Waals surface area contributed by atoms with Crippen molar-refractivity contribution in [2.75, 3.05) is 7.11 Å². The number of halogens is 1. The van der Waals surface area contributed by atoms with Crippen molar-refractivity contribution in [1.82, 2.24) is 5.43 Å². The quantitative estimate of drug-likeness (QED) is 0.321. The molecule has 0 aliphatic carbocycles. The number of rotatable bonds is 5. The topological polar surface area (TPSA) is 114 Å². The van der Waals surface area contributed by atoms with E-state index < -0.39 is 10.8 Å². The van der Waals surface area contributed by atoms with E-state index >= 15 is 0 Å². The number of methoxy groups -OCH3 is 1. The van der Waals surface area contributed by atoms with Gasteiger partial charge in [0.15, 0.2) is 11.5 Å². The van der Waals surface area contributed by atoms with Crippen LogP contribution in [0.5, 0.6) is 11.5 Å². The number of phenolic OH excluding ortho intramolecular Hbond substituents is 1. The van der Waals surface area contributed by atoms with Crippen LogP contribution in [0.3, 0.4) is 0 Å². The van der Waals surface area contributed by atoms with Crippen LogP contribution in [-0.4, -0.2) is 29.3 Å². The number of hydrazone groups is 1. The lowest BCUT2D eigenvalue weighted by atomic mass is 10.2. The van der Waals surface area contributed by atoms with E-state index in [2.05, 4.69) is 10.5 Å². The van der Waals surface area contributed by atoms with Crippen molar-refractivity contribution in [1.29, 1.82) is 0 Å². The Morgan fingerprint density at radius 2 is 2.04 bits per heavy atom. The molecule has 2 aromatic carbocycles. The number of nitro groups is 1. The number of aromatic hydroxyl groups is 1. The number of carbonyl (C=O) groups excluding carboxylic acids is 1. The summed E-state index contributed by atoms with van der Waals surface area (Å²) in [6, 6.07) is 8.32. The molecular weight excluding hydrogens is 429 g/mol. The van der Waals surface area contributed by atoms with Crippen molar-refractivity contribution >= 4 is 40.4 Å². The lowest BCUT2D eigenvalue weighted by molar-refractivity contribution is -0.384. The fourth-order valence-electron chi connectivity index (χ4n) is 1.84. The molecule has 124 valence electrons. The van der Waals surface area contributed by atoms with Crippen molar-refractivity contribution in [2.24, 2.45) is 5.10 Å². The van der Waals surface area contributed by atoms with Gasteiger partial charge in [0.25, 0.3) is 11.6 Å². The maximum absolute atomic E-state index is 11.9. The molecule has 0 fully saturated rings. The Kier molecular flexibility index (Phi) is 5.68. The third-order valence-electron chi connectivity index (χ3n) is 2.97. The van der Waals surface area contributed by atoms with Gasteiger partial charge in [-0.2, -0.15) is 5.10 Å². The van der Waals surface area contributed by atoms with Crippen LogP contribution >= 0.6 is 22.6 Å². The minimum Gasteiger partial charge on any atom is -0.504 e. The summed E-state index contributed by atoms with van der Waals surface area (Å²) in [5.41, 5.74) is 3.02. The lowest BCUT2D eigenvalue weighted by Gasteiger charge is -2.06. The summed E-state index contributed by atoms with van der Waals surface area (Å²) >= 11 is 2.01. The van der Waals surface area contributed by atoms with E-state index in [4.69, 9.17) is 4.74 Å². The van der Waals surface area contributed by atoms with Gasteiger partial charge in [-0.1, -0.05) is 0 Å². The Bertz CT molecular complexity index is 782. The summed E-state index contributed by atoms with van der Waals surface area (Å²) in [5.74, 6) is -0.177. The molecule has 0 saturated carbocycles. The van der Waals surface area contributed by atoms with Crippen molar-refractivity contribution in [3.8, 4) is 11.5 Å². The number of benzene rings is 2. The fourth-order valence-corrected chi connectivity index (χ4v) is 2.70. The molecule has 0 heterocycles. The van der Waals surface area contributed by atoms with E-state index in [1.54, 1.807) is 6.07 Å². The molecule has 2 aromatic rings. The number of nitrogens with zero attached hydrogens (tertiary/aromatic N) is 2. The third-order valence-corrected chi connectivity index (χ3v) is 3.77. The Morgan fingerprint density at radius 1 is 1.38 bits per heavy atom. The Morgan fingerprint density at radius 3 is 2.58 bits per heavy atom. The van der Waals surface area contributed by atoms with Crippen LogP contribution in [0.2, 0.25) is 0 Å². The summed E-state index contributed by atoms with van der Waals surface area (Å²) in [6.45, 7) is 0. The molecule has 0 aromatic heterocycles. The number of carbonyl (C=O) groups is 1. The average Bonchev–Trinajstić information content (AvgIpc) is 2.54. The minimum absolute atomic E-state index is 0.0347. The van der Waals surface area contributed by atoms with Gasteiger partial charge in [-0.05, 0) is 52.4 Å². The molecule has 0 bridgehead atoms. The van der Waals surface area contributed by atoms with Crippen LogP contribution < -0.4 is 10.2 Å². The Balaban J connectivity index is 2.06. The summed E-state index contributed by atoms with van der Waals surface area (Å²) in [5, 5.41) is 24.2. The number of ether oxygens (including phenoxy) is 1. The first kappa shape index (κ1) is 17.7. The maximum Gasteiger partial charge on any atom is 0.271 e. The van der Waals surface area contributed by atoms with Gasteiger partial charge in [-0.25, -0.2) is 5.43 Å². The number of amides is 1. The molecule has 1 amide bonds.